The van der Waals surface area contributed by atoms with Crippen LogP contribution in [-0.2, 0) is 14.8 Å². The second kappa shape index (κ2) is 10.6. The minimum Gasteiger partial charge on any atom is -0.332 e. The van der Waals surface area contributed by atoms with E-state index in [0.717, 1.165) is 16.7 Å². The molecular formula is C24H22ClN3O3S2. The molecule has 3 aromatic rings. The van der Waals surface area contributed by atoms with E-state index in [-0.39, 0.29) is 10.0 Å². The molecule has 1 amide bonds. The van der Waals surface area contributed by atoms with Crippen molar-refractivity contribution >= 4 is 62.3 Å². The molecule has 0 fully saturated rings. The van der Waals surface area contributed by atoms with E-state index in [0.29, 0.717) is 16.4 Å². The van der Waals surface area contributed by atoms with Crippen LogP contribution in [-0.4, -0.2) is 19.4 Å². The number of carbonyl (C=O) groups is 1. The summed E-state index contributed by atoms with van der Waals surface area (Å²) >= 11 is 11.0. The summed E-state index contributed by atoms with van der Waals surface area (Å²) in [7, 11) is -3.74. The largest absolute Gasteiger partial charge is 0.332 e. The lowest BCUT2D eigenvalue weighted by atomic mass is 10.1. The first-order valence-corrected chi connectivity index (χ1v) is 12.1. The summed E-state index contributed by atoms with van der Waals surface area (Å²) in [6, 6.07) is 18.4. The Morgan fingerprint density at radius 3 is 2.18 bits per heavy atom. The molecule has 3 aromatic carbocycles. The van der Waals surface area contributed by atoms with Gasteiger partial charge in [-0.1, -0.05) is 29.8 Å². The van der Waals surface area contributed by atoms with Crippen LogP contribution in [0.2, 0.25) is 5.02 Å². The second-order valence-electron chi connectivity index (χ2n) is 7.26. The number of hydrogen-bond acceptors (Lipinski definition) is 4. The third kappa shape index (κ3) is 7.15. The van der Waals surface area contributed by atoms with Gasteiger partial charge >= 0.3 is 0 Å². The molecule has 0 radical (unpaired) electrons. The summed E-state index contributed by atoms with van der Waals surface area (Å²) in [5.74, 6) is -0.403. The van der Waals surface area contributed by atoms with Crippen LogP contribution in [0.25, 0.3) is 6.08 Å². The van der Waals surface area contributed by atoms with Crippen molar-refractivity contribution in [2.24, 2.45) is 0 Å². The van der Waals surface area contributed by atoms with Crippen LogP contribution in [0, 0.1) is 13.8 Å². The maximum absolute atomic E-state index is 12.7. The summed E-state index contributed by atoms with van der Waals surface area (Å²) in [5.41, 5.74) is 3.92. The van der Waals surface area contributed by atoms with Gasteiger partial charge in [0.1, 0.15) is 0 Å². The lowest BCUT2D eigenvalue weighted by Gasteiger charge is -2.11. The van der Waals surface area contributed by atoms with Crippen LogP contribution in [0.1, 0.15) is 16.7 Å². The Kier molecular flexibility index (Phi) is 7.86. The Hall–Kier alpha value is -3.20. The average Bonchev–Trinajstić information content (AvgIpc) is 2.76. The fourth-order valence-electron chi connectivity index (χ4n) is 2.80. The van der Waals surface area contributed by atoms with Gasteiger partial charge in [-0.15, -0.1) is 0 Å². The number of sulfonamides is 1. The first-order valence-electron chi connectivity index (χ1n) is 9.88. The molecule has 9 heteroatoms. The number of nitrogens with one attached hydrogen (secondary N) is 3. The van der Waals surface area contributed by atoms with Crippen molar-refractivity contribution < 1.29 is 13.2 Å². The third-order valence-corrected chi connectivity index (χ3v) is 6.57. The van der Waals surface area contributed by atoms with Gasteiger partial charge in [0.05, 0.1) is 4.90 Å². The van der Waals surface area contributed by atoms with Gasteiger partial charge in [-0.2, -0.15) is 0 Å². The maximum Gasteiger partial charge on any atom is 0.261 e. The Morgan fingerprint density at radius 1 is 0.909 bits per heavy atom. The van der Waals surface area contributed by atoms with Gasteiger partial charge in [0.15, 0.2) is 5.11 Å². The molecule has 0 unspecified atom stereocenters. The lowest BCUT2D eigenvalue weighted by Crippen LogP contribution is -2.32. The maximum atomic E-state index is 12.7. The number of rotatable bonds is 6. The summed E-state index contributed by atoms with van der Waals surface area (Å²) in [4.78, 5) is 12.2. The molecule has 0 aliphatic rings. The van der Waals surface area contributed by atoms with E-state index in [9.17, 15) is 13.2 Å². The zero-order valence-corrected chi connectivity index (χ0v) is 20.3. The van der Waals surface area contributed by atoms with E-state index in [2.05, 4.69) is 15.4 Å². The molecule has 6 nitrogen and oxygen atoms in total. The van der Waals surface area contributed by atoms with E-state index in [1.165, 1.54) is 18.2 Å². The number of carbonyl (C=O) groups excluding carboxylic acids is 1. The standard InChI is InChI=1S/C24H22ClN3O3S2/c1-16-3-9-21(15-17(16)2)28-33(30,31)22-12-10-20(11-13-22)26-24(32)27-23(29)14-6-18-4-7-19(25)8-5-18/h3-15,28H,1-2H3,(H2,26,27,29,32)/b14-6+. The Balaban J connectivity index is 1.57. The minimum atomic E-state index is -3.74. The smallest absolute Gasteiger partial charge is 0.261 e. The van der Waals surface area contributed by atoms with Crippen molar-refractivity contribution in [3.8, 4) is 0 Å². The molecule has 3 rings (SSSR count). The highest BCUT2D eigenvalue weighted by Crippen LogP contribution is 2.20. The SMILES string of the molecule is Cc1ccc(NS(=O)(=O)c2ccc(NC(=S)NC(=O)/C=C/c3ccc(Cl)cc3)cc2)cc1C. The summed E-state index contributed by atoms with van der Waals surface area (Å²) in [5, 5.41) is 6.09. The quantitative estimate of drug-likeness (QED) is 0.317. The van der Waals surface area contributed by atoms with Gasteiger partial charge in [0.25, 0.3) is 10.0 Å². The number of benzene rings is 3. The summed E-state index contributed by atoms with van der Waals surface area (Å²) in [6.07, 6.45) is 2.99. The first kappa shape index (κ1) is 24.4. The highest BCUT2D eigenvalue weighted by molar-refractivity contribution is 7.92. The number of amides is 1. The van der Waals surface area contributed by atoms with Crippen LogP contribution in [0.4, 0.5) is 11.4 Å². The molecule has 0 saturated carbocycles. The number of halogens is 1. The highest BCUT2D eigenvalue weighted by atomic mass is 35.5. The van der Waals surface area contributed by atoms with E-state index in [4.69, 9.17) is 23.8 Å². The molecule has 33 heavy (non-hydrogen) atoms. The zero-order chi connectivity index (χ0) is 24.0. The topological polar surface area (TPSA) is 87.3 Å². The average molecular weight is 500 g/mol. The van der Waals surface area contributed by atoms with Gasteiger partial charge in [0, 0.05) is 22.5 Å². The van der Waals surface area contributed by atoms with Crippen molar-refractivity contribution in [1.29, 1.82) is 0 Å². The Labute approximate surface area is 203 Å². The normalized spacial score (nSPS) is 11.2. The van der Waals surface area contributed by atoms with Gasteiger partial charge in [-0.3, -0.25) is 14.8 Å². The van der Waals surface area contributed by atoms with Gasteiger partial charge in [-0.05, 0) is 97.4 Å². The van der Waals surface area contributed by atoms with Gasteiger partial charge in [0.2, 0.25) is 5.91 Å². The predicted molar refractivity (Wildman–Crippen MR) is 138 cm³/mol. The molecule has 0 aliphatic heterocycles. The number of aryl methyl sites for hydroxylation is 2. The van der Waals surface area contributed by atoms with Crippen LogP contribution in [0.5, 0.6) is 0 Å². The van der Waals surface area contributed by atoms with E-state index < -0.39 is 15.9 Å². The van der Waals surface area contributed by atoms with Gasteiger partial charge in [-0.25, -0.2) is 8.42 Å². The highest BCUT2D eigenvalue weighted by Gasteiger charge is 2.14. The molecular weight excluding hydrogens is 478 g/mol. The minimum absolute atomic E-state index is 0.0876. The van der Waals surface area contributed by atoms with E-state index in [1.807, 2.05) is 19.9 Å². The third-order valence-electron chi connectivity index (χ3n) is 4.72. The Morgan fingerprint density at radius 2 is 1.55 bits per heavy atom. The van der Waals surface area contributed by atoms with Gasteiger partial charge < -0.3 is 5.32 Å². The van der Waals surface area contributed by atoms with Crippen LogP contribution in [0.15, 0.2) is 77.7 Å². The van der Waals surface area contributed by atoms with Crippen molar-refractivity contribution in [3.05, 3.63) is 94.5 Å². The van der Waals surface area contributed by atoms with Crippen LogP contribution < -0.4 is 15.4 Å². The molecule has 3 N–H and O–H groups in total. The molecule has 170 valence electrons. The fraction of sp³-hybridized carbons (Fsp3) is 0.0833. The molecule has 0 aliphatic carbocycles. The van der Waals surface area contributed by atoms with Crippen molar-refractivity contribution in [1.82, 2.24) is 5.32 Å². The first-order chi connectivity index (χ1) is 15.6. The van der Waals surface area contributed by atoms with Crippen molar-refractivity contribution in [2.45, 2.75) is 18.7 Å². The number of anilines is 2. The molecule has 0 bridgehead atoms. The fourth-order valence-corrected chi connectivity index (χ4v) is 4.19. The molecule has 0 spiro atoms. The molecule has 0 saturated heterocycles. The summed E-state index contributed by atoms with van der Waals surface area (Å²) in [6.45, 7) is 3.88. The monoisotopic (exact) mass is 499 g/mol. The number of thiocarbonyl (C=S) groups is 1. The van der Waals surface area contributed by atoms with Crippen molar-refractivity contribution in [2.75, 3.05) is 10.0 Å². The van der Waals surface area contributed by atoms with Crippen LogP contribution >= 0.6 is 23.8 Å². The summed E-state index contributed by atoms with van der Waals surface area (Å²) < 4.78 is 27.9. The molecule has 0 aromatic heterocycles. The van der Waals surface area contributed by atoms with Crippen LogP contribution in [0.3, 0.4) is 0 Å². The number of hydrogen-bond donors (Lipinski definition) is 3. The molecule has 0 atom stereocenters. The Bertz CT molecular complexity index is 1300. The second-order valence-corrected chi connectivity index (χ2v) is 9.78. The van der Waals surface area contributed by atoms with E-state index in [1.54, 1.807) is 54.6 Å². The lowest BCUT2D eigenvalue weighted by molar-refractivity contribution is -0.115. The zero-order valence-electron chi connectivity index (χ0n) is 17.9. The van der Waals surface area contributed by atoms with E-state index >= 15 is 0 Å². The predicted octanol–water partition coefficient (Wildman–Crippen LogP) is 5.28. The molecule has 0 heterocycles. The van der Waals surface area contributed by atoms with Crippen molar-refractivity contribution in [3.63, 3.8) is 0 Å².